The number of benzene rings is 1. The topological polar surface area (TPSA) is 67.5 Å². The Morgan fingerprint density at radius 3 is 2.96 bits per heavy atom. The molecule has 1 fully saturated rings. The van der Waals surface area contributed by atoms with Crippen molar-refractivity contribution >= 4 is 5.91 Å². The van der Waals surface area contributed by atoms with Crippen LogP contribution in [0.15, 0.2) is 24.4 Å². The summed E-state index contributed by atoms with van der Waals surface area (Å²) < 4.78 is 10.9. The van der Waals surface area contributed by atoms with Crippen molar-refractivity contribution in [2.45, 2.75) is 39.5 Å². The third-order valence-electron chi connectivity index (χ3n) is 5.31. The Labute approximate surface area is 153 Å². The first-order chi connectivity index (χ1) is 12.5. The zero-order chi connectivity index (χ0) is 18.1. The number of likely N-dealkylation sites (tertiary alicyclic amines) is 1. The van der Waals surface area contributed by atoms with Gasteiger partial charge in [-0.3, -0.25) is 4.79 Å². The summed E-state index contributed by atoms with van der Waals surface area (Å²) in [4.78, 5) is 22.0. The number of hydrogen-bond acceptors (Lipinski definition) is 4. The van der Waals surface area contributed by atoms with Gasteiger partial charge >= 0.3 is 0 Å². The number of fused-ring (bicyclic) bond motifs is 1. The number of amides is 1. The van der Waals surface area contributed by atoms with E-state index in [1.807, 2.05) is 24.1 Å². The molecule has 2 aromatic rings. The molecule has 1 aromatic heterocycles. The maximum atomic E-state index is 12.4. The molecule has 0 aliphatic carbocycles. The number of carbonyl (C=O) groups is 1. The highest BCUT2D eigenvalue weighted by Gasteiger charge is 2.35. The van der Waals surface area contributed by atoms with Gasteiger partial charge in [-0.15, -0.1) is 0 Å². The zero-order valence-electron chi connectivity index (χ0n) is 15.4. The summed E-state index contributed by atoms with van der Waals surface area (Å²) in [5.41, 5.74) is 2.35. The van der Waals surface area contributed by atoms with Gasteiger partial charge in [0.15, 0.2) is 11.5 Å². The van der Waals surface area contributed by atoms with Gasteiger partial charge in [-0.05, 0) is 42.9 Å². The number of rotatable bonds is 5. The Bertz CT molecular complexity index is 816. The summed E-state index contributed by atoms with van der Waals surface area (Å²) in [6.45, 7) is 6.05. The first-order valence-electron chi connectivity index (χ1n) is 9.18. The lowest BCUT2D eigenvalue weighted by atomic mass is 9.76. The van der Waals surface area contributed by atoms with Crippen molar-refractivity contribution in [3.63, 3.8) is 0 Å². The van der Waals surface area contributed by atoms with Gasteiger partial charge in [-0.1, -0.05) is 13.0 Å². The molecule has 1 N–H and O–H groups in total. The highest BCUT2D eigenvalue weighted by Crippen LogP contribution is 2.37. The first-order valence-corrected chi connectivity index (χ1v) is 9.18. The molecule has 2 aliphatic heterocycles. The largest absolute Gasteiger partial charge is 0.454 e. The van der Waals surface area contributed by atoms with E-state index in [-0.39, 0.29) is 11.3 Å². The standard InChI is InChI=1S/C20H25N3O3/c1-14-11-21-18(22-14)6-8-23-12-20(2,7-5-19(23)24)10-15-3-4-16-17(9-15)26-13-25-16/h3-4,9,11H,5-8,10,12-13H2,1-2H3,(H,21,22). The van der Waals surface area contributed by atoms with Crippen LogP contribution in [0.5, 0.6) is 11.5 Å². The van der Waals surface area contributed by atoms with E-state index in [0.717, 1.165) is 48.8 Å². The van der Waals surface area contributed by atoms with Crippen LogP contribution in [0.4, 0.5) is 0 Å². The summed E-state index contributed by atoms with van der Waals surface area (Å²) in [6.07, 6.45) is 5.04. The third kappa shape index (κ3) is 3.54. The quantitative estimate of drug-likeness (QED) is 0.895. The number of aromatic nitrogens is 2. The van der Waals surface area contributed by atoms with Crippen molar-refractivity contribution in [3.8, 4) is 11.5 Å². The molecule has 0 bridgehead atoms. The molecule has 0 spiro atoms. The van der Waals surface area contributed by atoms with E-state index in [4.69, 9.17) is 9.47 Å². The number of ether oxygens (including phenoxy) is 2. The number of nitrogens with zero attached hydrogens (tertiary/aromatic N) is 2. The molecule has 3 heterocycles. The Balaban J connectivity index is 1.41. The zero-order valence-corrected chi connectivity index (χ0v) is 15.4. The summed E-state index contributed by atoms with van der Waals surface area (Å²) in [5.74, 6) is 2.82. The predicted octanol–water partition coefficient (Wildman–Crippen LogP) is 2.86. The Kier molecular flexibility index (Phi) is 4.34. The van der Waals surface area contributed by atoms with Crippen LogP contribution in [0.1, 0.15) is 36.8 Å². The van der Waals surface area contributed by atoms with Crippen LogP contribution < -0.4 is 9.47 Å². The minimum absolute atomic E-state index is 0.0701. The lowest BCUT2D eigenvalue weighted by Gasteiger charge is -2.40. The van der Waals surface area contributed by atoms with Gasteiger partial charge in [0.2, 0.25) is 12.7 Å². The van der Waals surface area contributed by atoms with Crippen LogP contribution in [0.25, 0.3) is 0 Å². The molecule has 6 nitrogen and oxygen atoms in total. The molecule has 1 saturated heterocycles. The molecule has 4 rings (SSSR count). The van der Waals surface area contributed by atoms with Gasteiger partial charge in [0.25, 0.3) is 0 Å². The summed E-state index contributed by atoms with van der Waals surface area (Å²) in [6, 6.07) is 6.15. The van der Waals surface area contributed by atoms with E-state index in [0.29, 0.717) is 19.8 Å². The van der Waals surface area contributed by atoms with E-state index in [9.17, 15) is 4.79 Å². The number of aryl methyl sites for hydroxylation is 1. The fraction of sp³-hybridized carbons (Fsp3) is 0.500. The summed E-state index contributed by atoms with van der Waals surface area (Å²) in [7, 11) is 0. The van der Waals surface area contributed by atoms with Crippen LogP contribution in [0.3, 0.4) is 0 Å². The molecule has 1 amide bonds. The van der Waals surface area contributed by atoms with Crippen LogP contribution in [-0.2, 0) is 17.6 Å². The van der Waals surface area contributed by atoms with Crippen LogP contribution in [-0.4, -0.2) is 40.7 Å². The Morgan fingerprint density at radius 2 is 2.15 bits per heavy atom. The lowest BCUT2D eigenvalue weighted by molar-refractivity contribution is -0.137. The van der Waals surface area contributed by atoms with Gasteiger partial charge in [-0.2, -0.15) is 0 Å². The number of carbonyl (C=O) groups excluding carboxylic acids is 1. The van der Waals surface area contributed by atoms with Gasteiger partial charge in [0.05, 0.1) is 0 Å². The monoisotopic (exact) mass is 355 g/mol. The Hall–Kier alpha value is -2.50. The number of H-pyrrole nitrogens is 1. The predicted molar refractivity (Wildman–Crippen MR) is 97.2 cm³/mol. The molecule has 1 unspecified atom stereocenters. The second-order valence-corrected chi connectivity index (χ2v) is 7.75. The minimum Gasteiger partial charge on any atom is -0.454 e. The van der Waals surface area contributed by atoms with Crippen molar-refractivity contribution in [1.82, 2.24) is 14.9 Å². The molecule has 0 saturated carbocycles. The van der Waals surface area contributed by atoms with Gasteiger partial charge in [0, 0.05) is 37.8 Å². The molecule has 1 atom stereocenters. The Morgan fingerprint density at radius 1 is 1.31 bits per heavy atom. The van der Waals surface area contributed by atoms with E-state index in [2.05, 4.69) is 29.0 Å². The molecule has 2 aliphatic rings. The van der Waals surface area contributed by atoms with E-state index < -0.39 is 0 Å². The van der Waals surface area contributed by atoms with Crippen molar-refractivity contribution < 1.29 is 14.3 Å². The van der Waals surface area contributed by atoms with Crippen LogP contribution in [0.2, 0.25) is 0 Å². The lowest BCUT2D eigenvalue weighted by Crippen LogP contribution is -2.46. The second-order valence-electron chi connectivity index (χ2n) is 7.75. The highest BCUT2D eigenvalue weighted by molar-refractivity contribution is 5.77. The number of imidazole rings is 1. The first kappa shape index (κ1) is 16.9. The van der Waals surface area contributed by atoms with Crippen LogP contribution in [0, 0.1) is 12.3 Å². The smallest absolute Gasteiger partial charge is 0.231 e. The maximum Gasteiger partial charge on any atom is 0.231 e. The van der Waals surface area contributed by atoms with E-state index in [1.165, 1.54) is 5.56 Å². The fourth-order valence-corrected chi connectivity index (χ4v) is 3.92. The van der Waals surface area contributed by atoms with Gasteiger partial charge in [0.1, 0.15) is 5.82 Å². The SMILES string of the molecule is Cc1cnc(CCN2CC(C)(Cc3ccc4c(c3)OCO4)CCC2=O)[nH]1. The third-order valence-corrected chi connectivity index (χ3v) is 5.31. The molecular weight excluding hydrogens is 330 g/mol. The molecule has 26 heavy (non-hydrogen) atoms. The molecular formula is C20H25N3O3. The average Bonchev–Trinajstić information content (AvgIpc) is 3.24. The molecule has 6 heteroatoms. The minimum atomic E-state index is 0.0701. The van der Waals surface area contributed by atoms with Crippen molar-refractivity contribution in [2.75, 3.05) is 19.9 Å². The number of aromatic amines is 1. The maximum absolute atomic E-state index is 12.4. The number of hydrogen-bond donors (Lipinski definition) is 1. The normalized spacial score (nSPS) is 22.1. The number of nitrogens with one attached hydrogen (secondary N) is 1. The van der Waals surface area contributed by atoms with Crippen LogP contribution >= 0.6 is 0 Å². The molecule has 138 valence electrons. The van der Waals surface area contributed by atoms with E-state index in [1.54, 1.807) is 0 Å². The van der Waals surface area contributed by atoms with Crippen molar-refractivity contribution in [2.24, 2.45) is 5.41 Å². The van der Waals surface area contributed by atoms with Crippen molar-refractivity contribution in [1.29, 1.82) is 0 Å². The average molecular weight is 355 g/mol. The molecule has 1 aromatic carbocycles. The summed E-state index contributed by atoms with van der Waals surface area (Å²) in [5, 5.41) is 0. The second kappa shape index (κ2) is 6.67. The highest BCUT2D eigenvalue weighted by atomic mass is 16.7. The molecule has 0 radical (unpaired) electrons. The van der Waals surface area contributed by atoms with E-state index >= 15 is 0 Å². The fourth-order valence-electron chi connectivity index (χ4n) is 3.92. The number of piperidine rings is 1. The van der Waals surface area contributed by atoms with Gasteiger partial charge < -0.3 is 19.4 Å². The van der Waals surface area contributed by atoms with Crippen molar-refractivity contribution in [3.05, 3.63) is 41.5 Å². The summed E-state index contributed by atoms with van der Waals surface area (Å²) >= 11 is 0. The van der Waals surface area contributed by atoms with Gasteiger partial charge in [-0.25, -0.2) is 4.98 Å².